The maximum absolute atomic E-state index is 12.8. The highest BCUT2D eigenvalue weighted by molar-refractivity contribution is 14.1. The highest BCUT2D eigenvalue weighted by Crippen LogP contribution is 2.20. The molecule has 0 spiro atoms. The molecule has 0 bridgehead atoms. The van der Waals surface area contributed by atoms with Crippen LogP contribution in [0.1, 0.15) is 20.8 Å². The van der Waals surface area contributed by atoms with Crippen LogP contribution in [0.25, 0.3) is 0 Å². The van der Waals surface area contributed by atoms with Gasteiger partial charge in [0.1, 0.15) is 11.4 Å². The molecule has 1 N–H and O–H groups in total. The van der Waals surface area contributed by atoms with Crippen molar-refractivity contribution in [1.82, 2.24) is 0 Å². The van der Waals surface area contributed by atoms with Crippen LogP contribution in [-0.4, -0.2) is 11.7 Å². The summed E-state index contributed by atoms with van der Waals surface area (Å²) in [6.45, 7) is 5.34. The van der Waals surface area contributed by atoms with E-state index < -0.39 is 11.7 Å². The molecule has 1 rings (SSSR count). The van der Waals surface area contributed by atoms with Gasteiger partial charge >= 0.3 is 6.09 Å². The molecule has 0 fully saturated rings. The van der Waals surface area contributed by atoms with Gasteiger partial charge in [0.25, 0.3) is 0 Å². The van der Waals surface area contributed by atoms with E-state index in [0.29, 0.717) is 9.26 Å². The Balaban J connectivity index is 2.70. The number of anilines is 1. The van der Waals surface area contributed by atoms with Crippen LogP contribution in [-0.2, 0) is 4.74 Å². The average molecular weight is 337 g/mol. The second kappa shape index (κ2) is 4.99. The summed E-state index contributed by atoms with van der Waals surface area (Å²) in [7, 11) is 0. The fraction of sp³-hybridized carbons (Fsp3) is 0.364. The van der Waals surface area contributed by atoms with E-state index in [1.165, 1.54) is 18.2 Å². The number of ether oxygens (including phenoxy) is 1. The van der Waals surface area contributed by atoms with Crippen LogP contribution in [0.4, 0.5) is 14.9 Å². The Hall–Kier alpha value is -0.850. The van der Waals surface area contributed by atoms with Gasteiger partial charge in [-0.2, -0.15) is 0 Å². The number of hydrogen-bond acceptors (Lipinski definition) is 2. The molecule has 1 amide bonds. The first-order chi connectivity index (χ1) is 7.28. The lowest BCUT2D eigenvalue weighted by Gasteiger charge is -2.20. The van der Waals surface area contributed by atoms with Crippen LogP contribution in [0.5, 0.6) is 0 Å². The molecule has 1 aromatic rings. The van der Waals surface area contributed by atoms with Gasteiger partial charge in [0, 0.05) is 3.57 Å². The van der Waals surface area contributed by atoms with Crippen molar-refractivity contribution in [2.75, 3.05) is 5.32 Å². The topological polar surface area (TPSA) is 38.3 Å². The van der Waals surface area contributed by atoms with Gasteiger partial charge in [-0.15, -0.1) is 0 Å². The first kappa shape index (κ1) is 13.2. The largest absolute Gasteiger partial charge is 0.444 e. The first-order valence-electron chi connectivity index (χ1n) is 4.73. The van der Waals surface area contributed by atoms with Gasteiger partial charge in [-0.05, 0) is 61.6 Å². The van der Waals surface area contributed by atoms with Crippen molar-refractivity contribution >= 4 is 34.4 Å². The minimum absolute atomic E-state index is 0.334. The third-order valence-electron chi connectivity index (χ3n) is 1.57. The van der Waals surface area contributed by atoms with E-state index in [1.807, 2.05) is 22.6 Å². The van der Waals surface area contributed by atoms with Crippen molar-refractivity contribution in [3.8, 4) is 0 Å². The highest BCUT2D eigenvalue weighted by atomic mass is 127. The molecule has 0 atom stereocenters. The van der Waals surface area contributed by atoms with Crippen molar-refractivity contribution in [2.45, 2.75) is 26.4 Å². The second-order valence-electron chi connectivity index (χ2n) is 4.25. The Morgan fingerprint density at radius 2 is 2.06 bits per heavy atom. The average Bonchev–Trinajstić information content (AvgIpc) is 2.06. The first-order valence-corrected chi connectivity index (χ1v) is 5.81. The highest BCUT2D eigenvalue weighted by Gasteiger charge is 2.16. The SMILES string of the molecule is CC(C)(C)OC(=O)Nc1ccc(F)cc1I. The number of benzene rings is 1. The molecular weight excluding hydrogens is 324 g/mol. The number of amides is 1. The number of halogens is 2. The molecule has 88 valence electrons. The maximum atomic E-state index is 12.8. The van der Waals surface area contributed by atoms with Crippen LogP contribution in [0, 0.1) is 9.39 Å². The quantitative estimate of drug-likeness (QED) is 0.792. The molecule has 0 radical (unpaired) electrons. The Morgan fingerprint density at radius 3 is 2.56 bits per heavy atom. The molecule has 0 aliphatic heterocycles. The van der Waals surface area contributed by atoms with Crippen molar-refractivity contribution in [3.63, 3.8) is 0 Å². The zero-order valence-corrected chi connectivity index (χ0v) is 11.5. The number of carbonyl (C=O) groups excluding carboxylic acids is 1. The van der Waals surface area contributed by atoms with Crippen molar-refractivity contribution < 1.29 is 13.9 Å². The van der Waals surface area contributed by atoms with Crippen LogP contribution >= 0.6 is 22.6 Å². The summed E-state index contributed by atoms with van der Waals surface area (Å²) in [4.78, 5) is 11.4. The summed E-state index contributed by atoms with van der Waals surface area (Å²) in [6, 6.07) is 4.13. The predicted octanol–water partition coefficient (Wildman–Crippen LogP) is 3.78. The number of hydrogen-bond donors (Lipinski definition) is 1. The fourth-order valence-electron chi connectivity index (χ4n) is 1.00. The molecule has 0 aliphatic rings. The lowest BCUT2D eigenvalue weighted by Crippen LogP contribution is -2.27. The Morgan fingerprint density at radius 1 is 1.44 bits per heavy atom. The Kier molecular flexibility index (Phi) is 4.12. The summed E-state index contributed by atoms with van der Waals surface area (Å²) >= 11 is 1.95. The summed E-state index contributed by atoms with van der Waals surface area (Å²) in [5.74, 6) is -0.334. The molecule has 5 heteroatoms. The van der Waals surface area contributed by atoms with Crippen LogP contribution in [0.15, 0.2) is 18.2 Å². The normalized spacial score (nSPS) is 11.1. The Bertz CT molecular complexity index is 401. The third kappa shape index (κ3) is 4.34. The summed E-state index contributed by atoms with van der Waals surface area (Å²) < 4.78 is 18.5. The van der Waals surface area contributed by atoms with E-state index in [2.05, 4.69) is 5.32 Å². The molecule has 0 saturated carbocycles. The molecule has 1 aromatic carbocycles. The van der Waals surface area contributed by atoms with Gasteiger partial charge in [-0.3, -0.25) is 5.32 Å². The van der Waals surface area contributed by atoms with Crippen molar-refractivity contribution in [3.05, 3.63) is 27.6 Å². The lowest BCUT2D eigenvalue weighted by atomic mass is 10.2. The maximum Gasteiger partial charge on any atom is 0.412 e. The van der Waals surface area contributed by atoms with Gasteiger partial charge in [-0.1, -0.05) is 0 Å². The lowest BCUT2D eigenvalue weighted by molar-refractivity contribution is 0.0636. The van der Waals surface area contributed by atoms with Crippen LogP contribution in [0.2, 0.25) is 0 Å². The molecule has 0 aliphatic carbocycles. The molecule has 16 heavy (non-hydrogen) atoms. The van der Waals surface area contributed by atoms with E-state index in [0.717, 1.165) is 0 Å². The van der Waals surface area contributed by atoms with Crippen molar-refractivity contribution in [1.29, 1.82) is 0 Å². The standard InChI is InChI=1S/C11H13FINO2/c1-11(2,3)16-10(15)14-9-5-4-7(12)6-8(9)13/h4-6H,1-3H3,(H,14,15). The zero-order chi connectivity index (χ0) is 12.3. The van der Waals surface area contributed by atoms with E-state index in [9.17, 15) is 9.18 Å². The van der Waals surface area contributed by atoms with Gasteiger partial charge in [0.15, 0.2) is 0 Å². The summed E-state index contributed by atoms with van der Waals surface area (Å²) in [6.07, 6.45) is -0.544. The zero-order valence-electron chi connectivity index (χ0n) is 9.30. The second-order valence-corrected chi connectivity index (χ2v) is 5.41. The van der Waals surface area contributed by atoms with E-state index >= 15 is 0 Å². The predicted molar refractivity (Wildman–Crippen MR) is 69.0 cm³/mol. The minimum atomic E-state index is -0.546. The monoisotopic (exact) mass is 337 g/mol. The molecule has 0 unspecified atom stereocenters. The molecule has 0 aromatic heterocycles. The van der Waals surface area contributed by atoms with E-state index in [4.69, 9.17) is 4.74 Å². The molecular formula is C11H13FINO2. The fourth-order valence-corrected chi connectivity index (χ4v) is 1.62. The number of nitrogens with one attached hydrogen (secondary N) is 1. The van der Waals surface area contributed by atoms with Gasteiger partial charge in [0.2, 0.25) is 0 Å². The Labute approximate surface area is 108 Å². The number of carbonyl (C=O) groups is 1. The van der Waals surface area contributed by atoms with Crippen molar-refractivity contribution in [2.24, 2.45) is 0 Å². The van der Waals surface area contributed by atoms with E-state index in [-0.39, 0.29) is 5.82 Å². The smallest absolute Gasteiger partial charge is 0.412 e. The third-order valence-corrected chi connectivity index (χ3v) is 2.46. The van der Waals surface area contributed by atoms with Gasteiger partial charge in [-0.25, -0.2) is 9.18 Å². The summed E-state index contributed by atoms with van der Waals surface area (Å²) in [5.41, 5.74) is -0.00789. The van der Waals surface area contributed by atoms with Crippen LogP contribution in [0.3, 0.4) is 0 Å². The number of rotatable bonds is 1. The van der Waals surface area contributed by atoms with Gasteiger partial charge in [0.05, 0.1) is 5.69 Å². The van der Waals surface area contributed by atoms with Crippen LogP contribution < -0.4 is 5.32 Å². The molecule has 0 saturated heterocycles. The van der Waals surface area contributed by atoms with E-state index in [1.54, 1.807) is 20.8 Å². The molecule has 0 heterocycles. The van der Waals surface area contributed by atoms with Gasteiger partial charge < -0.3 is 4.74 Å². The summed E-state index contributed by atoms with van der Waals surface area (Å²) in [5, 5.41) is 2.56. The minimum Gasteiger partial charge on any atom is -0.444 e. The molecule has 3 nitrogen and oxygen atoms in total.